The minimum Gasteiger partial charge on any atom is -0.341 e. The molecule has 24 heavy (non-hydrogen) atoms. The quantitative estimate of drug-likeness (QED) is 0.801. The Morgan fingerprint density at radius 2 is 1.96 bits per heavy atom. The molecule has 134 valence electrons. The van der Waals surface area contributed by atoms with Gasteiger partial charge in [0.2, 0.25) is 5.91 Å². The number of unbranched alkanes of at least 4 members (excludes halogenated alkanes) is 1. The molecular formula is C18H31N5O. The van der Waals surface area contributed by atoms with Crippen LogP contribution in [0.3, 0.4) is 0 Å². The molecule has 2 aliphatic heterocycles. The fourth-order valence-corrected chi connectivity index (χ4v) is 3.86. The second-order valence-corrected chi connectivity index (χ2v) is 7.27. The molecule has 6 heteroatoms. The van der Waals surface area contributed by atoms with Gasteiger partial charge in [-0.05, 0) is 58.5 Å². The van der Waals surface area contributed by atoms with Gasteiger partial charge in [-0.15, -0.1) is 5.10 Å². The summed E-state index contributed by atoms with van der Waals surface area (Å²) in [4.78, 5) is 17.1. The van der Waals surface area contributed by atoms with Crippen molar-refractivity contribution in [3.05, 3.63) is 11.9 Å². The third kappa shape index (κ3) is 3.97. The molecule has 1 aromatic rings. The number of piperidine rings is 1. The molecule has 3 rings (SSSR count). The first kappa shape index (κ1) is 17.4. The molecule has 1 atom stereocenters. The van der Waals surface area contributed by atoms with Crippen molar-refractivity contribution in [1.82, 2.24) is 24.8 Å². The maximum absolute atomic E-state index is 12.7. The Morgan fingerprint density at radius 1 is 1.25 bits per heavy atom. The van der Waals surface area contributed by atoms with E-state index in [4.69, 9.17) is 0 Å². The van der Waals surface area contributed by atoms with Crippen LogP contribution in [0.2, 0.25) is 0 Å². The van der Waals surface area contributed by atoms with Crippen molar-refractivity contribution in [1.29, 1.82) is 0 Å². The number of carbonyl (C=O) groups is 1. The second-order valence-electron chi connectivity index (χ2n) is 7.27. The van der Waals surface area contributed by atoms with E-state index >= 15 is 0 Å². The van der Waals surface area contributed by atoms with Crippen LogP contribution in [0.1, 0.15) is 64.1 Å². The number of rotatable bonds is 6. The second kappa shape index (κ2) is 8.10. The van der Waals surface area contributed by atoms with Gasteiger partial charge in [0.1, 0.15) is 0 Å². The molecule has 0 aliphatic carbocycles. The highest BCUT2D eigenvalue weighted by Gasteiger charge is 2.31. The summed E-state index contributed by atoms with van der Waals surface area (Å²) in [5.74, 6) is 0.303. The Labute approximate surface area is 145 Å². The molecule has 3 heterocycles. The van der Waals surface area contributed by atoms with Gasteiger partial charge in [-0.3, -0.25) is 9.69 Å². The lowest BCUT2D eigenvalue weighted by molar-refractivity contribution is -0.137. The number of amides is 1. The van der Waals surface area contributed by atoms with Crippen molar-refractivity contribution in [2.24, 2.45) is 0 Å². The van der Waals surface area contributed by atoms with Crippen LogP contribution in [0.25, 0.3) is 0 Å². The van der Waals surface area contributed by atoms with Crippen molar-refractivity contribution < 1.29 is 4.79 Å². The minimum absolute atomic E-state index is 0.0380. The van der Waals surface area contributed by atoms with Crippen LogP contribution in [0.15, 0.2) is 6.20 Å². The summed E-state index contributed by atoms with van der Waals surface area (Å²) in [6.07, 6.45) is 9.89. The monoisotopic (exact) mass is 333 g/mol. The molecule has 2 saturated heterocycles. The van der Waals surface area contributed by atoms with Gasteiger partial charge in [0.15, 0.2) is 0 Å². The van der Waals surface area contributed by atoms with E-state index in [1.165, 1.54) is 25.7 Å². The molecule has 2 fully saturated rings. The van der Waals surface area contributed by atoms with Gasteiger partial charge in [0.05, 0.1) is 17.8 Å². The summed E-state index contributed by atoms with van der Waals surface area (Å²) >= 11 is 0. The summed E-state index contributed by atoms with van der Waals surface area (Å²) < 4.78 is 2.02. The van der Waals surface area contributed by atoms with E-state index in [-0.39, 0.29) is 6.04 Å². The fourth-order valence-electron chi connectivity index (χ4n) is 3.86. The minimum atomic E-state index is 0.0380. The van der Waals surface area contributed by atoms with E-state index in [0.717, 1.165) is 51.1 Å². The molecule has 0 radical (unpaired) electrons. The van der Waals surface area contributed by atoms with E-state index in [0.29, 0.717) is 11.9 Å². The summed E-state index contributed by atoms with van der Waals surface area (Å²) in [6, 6.07) is 0.426. The van der Waals surface area contributed by atoms with Crippen molar-refractivity contribution in [3.63, 3.8) is 0 Å². The SMILES string of the molecule is CCCCc1cn(C2CCN(C(=O)[C@H](C)N3CCCC3)CC2)nn1. The first-order valence-corrected chi connectivity index (χ1v) is 9.62. The lowest BCUT2D eigenvalue weighted by Crippen LogP contribution is -2.48. The van der Waals surface area contributed by atoms with Gasteiger partial charge in [0.25, 0.3) is 0 Å². The van der Waals surface area contributed by atoms with Gasteiger partial charge in [-0.1, -0.05) is 18.6 Å². The van der Waals surface area contributed by atoms with E-state index in [1.807, 2.05) is 4.68 Å². The molecule has 0 bridgehead atoms. The van der Waals surface area contributed by atoms with Gasteiger partial charge in [0, 0.05) is 19.3 Å². The van der Waals surface area contributed by atoms with E-state index in [1.54, 1.807) is 0 Å². The van der Waals surface area contributed by atoms with Crippen molar-refractivity contribution in [3.8, 4) is 0 Å². The zero-order valence-corrected chi connectivity index (χ0v) is 15.2. The van der Waals surface area contributed by atoms with Crippen LogP contribution in [0.4, 0.5) is 0 Å². The van der Waals surface area contributed by atoms with Gasteiger partial charge >= 0.3 is 0 Å². The van der Waals surface area contributed by atoms with Gasteiger partial charge in [-0.2, -0.15) is 0 Å². The first-order chi connectivity index (χ1) is 11.7. The molecule has 0 saturated carbocycles. The van der Waals surface area contributed by atoms with Crippen molar-refractivity contribution >= 4 is 5.91 Å². The number of nitrogens with zero attached hydrogens (tertiary/aromatic N) is 5. The number of hydrogen-bond acceptors (Lipinski definition) is 4. The molecule has 0 spiro atoms. The summed E-state index contributed by atoms with van der Waals surface area (Å²) in [6.45, 7) is 8.08. The van der Waals surface area contributed by atoms with Crippen LogP contribution >= 0.6 is 0 Å². The standard InChI is InChI=1S/C18H31N5O/c1-3-4-7-16-14-23(20-19-16)17-8-12-22(13-9-17)18(24)15(2)21-10-5-6-11-21/h14-15,17H,3-13H2,1-2H3/t15-/m0/s1. The molecule has 6 nitrogen and oxygen atoms in total. The van der Waals surface area contributed by atoms with E-state index in [2.05, 4.69) is 40.2 Å². The predicted octanol–water partition coefficient (Wildman–Crippen LogP) is 2.27. The molecule has 1 aromatic heterocycles. The molecular weight excluding hydrogens is 302 g/mol. The topological polar surface area (TPSA) is 54.3 Å². The molecule has 2 aliphatic rings. The Hall–Kier alpha value is -1.43. The number of likely N-dealkylation sites (tertiary alicyclic amines) is 2. The number of carbonyl (C=O) groups excluding carboxylic acids is 1. The van der Waals surface area contributed by atoms with Crippen molar-refractivity contribution in [2.75, 3.05) is 26.2 Å². The number of aryl methyl sites for hydroxylation is 1. The van der Waals surface area contributed by atoms with Crippen LogP contribution in [-0.4, -0.2) is 62.9 Å². The highest BCUT2D eigenvalue weighted by molar-refractivity contribution is 5.81. The third-order valence-electron chi connectivity index (χ3n) is 5.54. The van der Waals surface area contributed by atoms with Gasteiger partial charge < -0.3 is 4.90 Å². The average molecular weight is 333 g/mol. The molecule has 0 N–H and O–H groups in total. The zero-order chi connectivity index (χ0) is 16.9. The van der Waals surface area contributed by atoms with Crippen molar-refractivity contribution in [2.45, 2.75) is 70.9 Å². The largest absolute Gasteiger partial charge is 0.341 e. The Balaban J connectivity index is 1.49. The average Bonchev–Trinajstić information content (AvgIpc) is 3.30. The smallest absolute Gasteiger partial charge is 0.239 e. The highest BCUT2D eigenvalue weighted by atomic mass is 16.2. The first-order valence-electron chi connectivity index (χ1n) is 9.62. The molecule has 1 amide bonds. The van der Waals surface area contributed by atoms with Crippen LogP contribution < -0.4 is 0 Å². The maximum Gasteiger partial charge on any atom is 0.239 e. The summed E-state index contributed by atoms with van der Waals surface area (Å²) in [5, 5.41) is 8.61. The Kier molecular flexibility index (Phi) is 5.87. The fraction of sp³-hybridized carbons (Fsp3) is 0.833. The van der Waals surface area contributed by atoms with E-state index < -0.39 is 0 Å². The Morgan fingerprint density at radius 3 is 2.62 bits per heavy atom. The van der Waals surface area contributed by atoms with Crippen LogP contribution in [0.5, 0.6) is 0 Å². The Bertz CT molecular complexity index is 529. The zero-order valence-electron chi connectivity index (χ0n) is 15.2. The lowest BCUT2D eigenvalue weighted by Gasteiger charge is -2.35. The third-order valence-corrected chi connectivity index (χ3v) is 5.54. The maximum atomic E-state index is 12.7. The van der Waals surface area contributed by atoms with Crippen LogP contribution in [-0.2, 0) is 11.2 Å². The number of aromatic nitrogens is 3. The predicted molar refractivity (Wildman–Crippen MR) is 93.8 cm³/mol. The van der Waals surface area contributed by atoms with Crippen LogP contribution in [0, 0.1) is 0 Å². The molecule has 0 unspecified atom stereocenters. The highest BCUT2D eigenvalue weighted by Crippen LogP contribution is 2.23. The molecule has 0 aromatic carbocycles. The number of hydrogen-bond donors (Lipinski definition) is 0. The van der Waals surface area contributed by atoms with E-state index in [9.17, 15) is 4.79 Å². The summed E-state index contributed by atoms with van der Waals surface area (Å²) in [5.41, 5.74) is 1.10. The van der Waals surface area contributed by atoms with Gasteiger partial charge in [-0.25, -0.2) is 4.68 Å². The summed E-state index contributed by atoms with van der Waals surface area (Å²) in [7, 11) is 0. The lowest BCUT2D eigenvalue weighted by atomic mass is 10.0. The normalized spacial score (nSPS) is 21.3.